The molecule has 228 valence electrons. The van der Waals surface area contributed by atoms with E-state index in [-0.39, 0.29) is 43.0 Å². The predicted molar refractivity (Wildman–Crippen MR) is 147 cm³/mol. The Balaban J connectivity index is 1.25. The average Bonchev–Trinajstić information content (AvgIpc) is 3.33. The van der Waals surface area contributed by atoms with Crippen molar-refractivity contribution < 1.29 is 31.8 Å². The maximum absolute atomic E-state index is 14.4. The Morgan fingerprint density at radius 1 is 1.10 bits per heavy atom. The van der Waals surface area contributed by atoms with E-state index in [2.05, 4.69) is 9.80 Å². The average molecular weight is 592 g/mol. The molecule has 5 heterocycles. The van der Waals surface area contributed by atoms with E-state index < -0.39 is 23.9 Å². The highest BCUT2D eigenvalue weighted by Crippen LogP contribution is 2.53. The standard InChI is InChI=1S/C30H37F4N5O3/c31-19-14-28(6-1-9-39(28)16-19)18-41-27-36-25-15-29(42-17-22(25)26(37-27)38-8-2-11-40-12-10-38)7-5-23(30(32,33)34)21-4-3-20(35)13-24(21)29/h3-4,13,19,23H,1-2,5-12,14-18,35H2/t19-,23+,28+,29?/m1/s1. The maximum atomic E-state index is 14.4. The molecule has 8 nitrogen and oxygen atoms in total. The highest BCUT2D eigenvalue weighted by molar-refractivity contribution is 5.54. The third-order valence-electron chi connectivity index (χ3n) is 9.92. The van der Waals surface area contributed by atoms with Gasteiger partial charge >= 0.3 is 12.2 Å². The molecule has 12 heteroatoms. The summed E-state index contributed by atoms with van der Waals surface area (Å²) in [6.07, 6.45) is -1.71. The minimum absolute atomic E-state index is 0.0801. The van der Waals surface area contributed by atoms with Gasteiger partial charge in [0.15, 0.2) is 0 Å². The molecule has 3 saturated heterocycles. The number of ether oxygens (including phenoxy) is 3. The molecule has 0 bridgehead atoms. The summed E-state index contributed by atoms with van der Waals surface area (Å²) in [6, 6.07) is 4.86. The third kappa shape index (κ3) is 4.89. The number of aromatic nitrogens is 2. The second-order valence-electron chi connectivity index (χ2n) is 12.5. The van der Waals surface area contributed by atoms with E-state index in [0.29, 0.717) is 62.1 Å². The van der Waals surface area contributed by atoms with Crippen molar-refractivity contribution in [3.8, 4) is 6.01 Å². The van der Waals surface area contributed by atoms with Crippen molar-refractivity contribution in [3.05, 3.63) is 40.6 Å². The monoisotopic (exact) mass is 591 g/mol. The van der Waals surface area contributed by atoms with Crippen molar-refractivity contribution in [2.24, 2.45) is 0 Å². The summed E-state index contributed by atoms with van der Waals surface area (Å²) in [5, 5.41) is 0. The molecule has 7 rings (SSSR count). The molecule has 2 aromatic rings. The van der Waals surface area contributed by atoms with Gasteiger partial charge in [0, 0.05) is 50.3 Å². The number of nitrogens with two attached hydrogens (primary N) is 1. The van der Waals surface area contributed by atoms with Crippen LogP contribution in [0.5, 0.6) is 6.01 Å². The summed E-state index contributed by atoms with van der Waals surface area (Å²) in [6.45, 7) is 4.33. The maximum Gasteiger partial charge on any atom is 0.395 e. The molecule has 0 saturated carbocycles. The fourth-order valence-electron chi connectivity index (χ4n) is 7.87. The van der Waals surface area contributed by atoms with Crippen molar-refractivity contribution in [3.63, 3.8) is 0 Å². The molecule has 1 aliphatic carbocycles. The molecule has 0 radical (unpaired) electrons. The quantitative estimate of drug-likeness (QED) is 0.407. The number of nitrogens with zero attached hydrogens (tertiary/aromatic N) is 4. The lowest BCUT2D eigenvalue weighted by atomic mass is 9.70. The van der Waals surface area contributed by atoms with Crippen LogP contribution in [0.15, 0.2) is 18.2 Å². The zero-order valence-electron chi connectivity index (χ0n) is 23.6. The van der Waals surface area contributed by atoms with Crippen LogP contribution in [0.2, 0.25) is 0 Å². The van der Waals surface area contributed by atoms with E-state index in [9.17, 15) is 17.6 Å². The Morgan fingerprint density at radius 2 is 1.98 bits per heavy atom. The minimum atomic E-state index is -4.36. The van der Waals surface area contributed by atoms with Gasteiger partial charge in [-0.15, -0.1) is 0 Å². The van der Waals surface area contributed by atoms with Crippen LogP contribution in [0.1, 0.15) is 66.8 Å². The summed E-state index contributed by atoms with van der Waals surface area (Å²) < 4.78 is 75.0. The smallest absolute Gasteiger partial charge is 0.395 e. The number of benzene rings is 1. The molecule has 1 aromatic carbocycles. The number of hydrogen-bond donors (Lipinski definition) is 1. The van der Waals surface area contributed by atoms with E-state index in [0.717, 1.165) is 37.9 Å². The summed E-state index contributed by atoms with van der Waals surface area (Å²) in [7, 11) is 0. The highest BCUT2D eigenvalue weighted by Gasteiger charge is 2.52. The number of fused-ring (bicyclic) bond motifs is 4. The van der Waals surface area contributed by atoms with Crippen LogP contribution < -0.4 is 15.4 Å². The van der Waals surface area contributed by atoms with Crippen LogP contribution in [0.25, 0.3) is 0 Å². The number of hydrogen-bond acceptors (Lipinski definition) is 8. The van der Waals surface area contributed by atoms with Gasteiger partial charge in [0.1, 0.15) is 18.6 Å². The molecule has 5 aliphatic rings. The van der Waals surface area contributed by atoms with Crippen LogP contribution in [-0.4, -0.2) is 78.8 Å². The van der Waals surface area contributed by atoms with Gasteiger partial charge in [-0.25, -0.2) is 4.39 Å². The SMILES string of the molecule is Nc1ccc2c(c1)C1(CC[C@@H]2C(F)(F)F)Cc2nc(OC[C@@]34CCCN3C[C@H](F)C4)nc(N3CCCOCC3)c2CO1. The summed E-state index contributed by atoms with van der Waals surface area (Å²) in [5.41, 5.74) is 7.38. The van der Waals surface area contributed by atoms with Gasteiger partial charge in [-0.1, -0.05) is 6.07 Å². The first-order chi connectivity index (χ1) is 20.2. The van der Waals surface area contributed by atoms with Gasteiger partial charge in [-0.3, -0.25) is 4.90 Å². The highest BCUT2D eigenvalue weighted by atomic mass is 19.4. The van der Waals surface area contributed by atoms with Crippen LogP contribution >= 0.6 is 0 Å². The van der Waals surface area contributed by atoms with Gasteiger partial charge < -0.3 is 24.8 Å². The fourth-order valence-corrected chi connectivity index (χ4v) is 7.87. The molecule has 3 fully saturated rings. The van der Waals surface area contributed by atoms with Crippen LogP contribution in [0.4, 0.5) is 29.1 Å². The Labute approximate surface area is 242 Å². The molecule has 1 spiro atoms. The summed E-state index contributed by atoms with van der Waals surface area (Å²) in [4.78, 5) is 14.1. The molecule has 2 N–H and O–H groups in total. The molecule has 1 aromatic heterocycles. The van der Waals surface area contributed by atoms with Crippen molar-refractivity contribution in [2.45, 2.75) is 81.0 Å². The van der Waals surface area contributed by atoms with Crippen molar-refractivity contribution in [2.75, 3.05) is 56.6 Å². The number of nitrogen functional groups attached to an aromatic ring is 1. The van der Waals surface area contributed by atoms with Crippen molar-refractivity contribution in [1.82, 2.24) is 14.9 Å². The minimum Gasteiger partial charge on any atom is -0.461 e. The first-order valence-electron chi connectivity index (χ1n) is 15.0. The normalized spacial score (nSPS) is 31.5. The van der Waals surface area contributed by atoms with Gasteiger partial charge in [0.05, 0.1) is 36.0 Å². The fraction of sp³-hybridized carbons (Fsp3) is 0.667. The van der Waals surface area contributed by atoms with E-state index in [1.54, 1.807) is 6.07 Å². The Kier molecular flexibility index (Phi) is 7.01. The van der Waals surface area contributed by atoms with E-state index in [4.69, 9.17) is 29.9 Å². The summed E-state index contributed by atoms with van der Waals surface area (Å²) in [5.74, 6) is -0.859. The molecular weight excluding hydrogens is 554 g/mol. The number of rotatable bonds is 4. The topological polar surface area (TPSA) is 86.0 Å². The molecule has 0 amide bonds. The van der Waals surface area contributed by atoms with E-state index in [1.165, 1.54) is 12.1 Å². The molecule has 42 heavy (non-hydrogen) atoms. The third-order valence-corrected chi connectivity index (χ3v) is 9.92. The second kappa shape index (κ2) is 10.5. The molecule has 1 unspecified atom stereocenters. The Morgan fingerprint density at radius 3 is 2.83 bits per heavy atom. The predicted octanol–water partition coefficient (Wildman–Crippen LogP) is 4.65. The van der Waals surface area contributed by atoms with Crippen molar-refractivity contribution in [1.29, 1.82) is 0 Å². The van der Waals surface area contributed by atoms with Crippen molar-refractivity contribution >= 4 is 11.5 Å². The lowest BCUT2D eigenvalue weighted by molar-refractivity contribution is -0.164. The lowest BCUT2D eigenvalue weighted by Crippen LogP contribution is -2.44. The number of halogens is 4. The zero-order chi connectivity index (χ0) is 29.1. The lowest BCUT2D eigenvalue weighted by Gasteiger charge is -2.45. The molecular formula is C30H37F4N5O3. The largest absolute Gasteiger partial charge is 0.461 e. The van der Waals surface area contributed by atoms with Crippen LogP contribution in [-0.2, 0) is 28.1 Å². The first-order valence-corrected chi connectivity index (χ1v) is 15.0. The van der Waals surface area contributed by atoms with Crippen LogP contribution in [0, 0.1) is 0 Å². The molecule has 4 aliphatic heterocycles. The van der Waals surface area contributed by atoms with E-state index >= 15 is 0 Å². The number of alkyl halides is 4. The zero-order valence-corrected chi connectivity index (χ0v) is 23.6. The van der Waals surface area contributed by atoms with Gasteiger partial charge in [0.2, 0.25) is 0 Å². The first kappa shape index (κ1) is 28.1. The summed E-state index contributed by atoms with van der Waals surface area (Å²) >= 11 is 0. The van der Waals surface area contributed by atoms with Gasteiger partial charge in [-0.2, -0.15) is 23.1 Å². The van der Waals surface area contributed by atoms with Gasteiger partial charge in [0.25, 0.3) is 0 Å². The van der Waals surface area contributed by atoms with E-state index in [1.807, 2.05) is 0 Å². The Hall–Kier alpha value is -2.70. The van der Waals surface area contributed by atoms with Gasteiger partial charge in [-0.05, 0) is 61.9 Å². The van der Waals surface area contributed by atoms with Crippen LogP contribution in [0.3, 0.4) is 0 Å². The molecule has 4 atom stereocenters. The second-order valence-corrected chi connectivity index (χ2v) is 12.5. The number of anilines is 2. The Bertz CT molecular complexity index is 1340.